The van der Waals surface area contributed by atoms with E-state index in [1.165, 1.54) is 0 Å². The fourth-order valence-electron chi connectivity index (χ4n) is 2.87. The average molecular weight is 524 g/mol. The predicted octanol–water partition coefficient (Wildman–Crippen LogP) is 3.25. The molecule has 0 radical (unpaired) electrons. The van der Waals surface area contributed by atoms with Gasteiger partial charge in [0.2, 0.25) is 0 Å². The Bertz CT molecular complexity index is 839. The Kier molecular flexibility index (Phi) is 8.11. The highest BCUT2D eigenvalue weighted by Crippen LogP contribution is 2.31. The molecule has 7 nitrogen and oxygen atoms in total. The highest BCUT2D eigenvalue weighted by atomic mass is 127. The highest BCUT2D eigenvalue weighted by molar-refractivity contribution is 14.0. The van der Waals surface area contributed by atoms with E-state index in [1.807, 2.05) is 38.2 Å². The molecule has 0 bridgehead atoms. The Morgan fingerprint density at radius 1 is 1.31 bits per heavy atom. The van der Waals surface area contributed by atoms with Crippen LogP contribution in [0.5, 0.6) is 5.75 Å². The molecule has 2 N–H and O–H groups in total. The molecule has 0 fully saturated rings. The van der Waals surface area contributed by atoms with E-state index < -0.39 is 12.6 Å². The van der Waals surface area contributed by atoms with Gasteiger partial charge in [-0.1, -0.05) is 18.2 Å². The van der Waals surface area contributed by atoms with Crippen LogP contribution >= 0.6 is 24.0 Å². The van der Waals surface area contributed by atoms with Crippen molar-refractivity contribution in [2.45, 2.75) is 38.5 Å². The normalized spacial score (nSPS) is 16.4. The van der Waals surface area contributed by atoms with Gasteiger partial charge in [0, 0.05) is 25.6 Å². The Labute approximate surface area is 184 Å². The second kappa shape index (κ2) is 10.1. The summed E-state index contributed by atoms with van der Waals surface area (Å²) in [5, 5.41) is 14.0. The van der Waals surface area contributed by atoms with Crippen molar-refractivity contribution in [3.8, 4) is 5.75 Å². The van der Waals surface area contributed by atoms with Crippen molar-refractivity contribution >= 4 is 29.9 Å². The molecule has 1 unspecified atom stereocenters. The van der Waals surface area contributed by atoms with E-state index in [9.17, 15) is 13.2 Å². The molecule has 1 aliphatic rings. The topological polar surface area (TPSA) is 76.4 Å². The summed E-state index contributed by atoms with van der Waals surface area (Å²) in [5.41, 5.74) is 0.952. The SMILES string of the molecule is Cc1nnc(CN=C(NCCC(F)(F)F)NC2CCOc3ccccc32)n1C.I. The predicted molar refractivity (Wildman–Crippen MR) is 113 cm³/mol. The fourth-order valence-corrected chi connectivity index (χ4v) is 2.87. The van der Waals surface area contributed by atoms with Crippen LogP contribution in [-0.4, -0.2) is 40.1 Å². The van der Waals surface area contributed by atoms with Crippen molar-refractivity contribution in [3.63, 3.8) is 0 Å². The minimum absolute atomic E-state index is 0. The van der Waals surface area contributed by atoms with E-state index in [0.29, 0.717) is 24.8 Å². The average Bonchev–Trinajstić information content (AvgIpc) is 2.97. The van der Waals surface area contributed by atoms with Gasteiger partial charge >= 0.3 is 6.18 Å². The smallest absolute Gasteiger partial charge is 0.390 e. The highest BCUT2D eigenvalue weighted by Gasteiger charge is 2.27. The molecule has 1 atom stereocenters. The molecule has 0 aliphatic carbocycles. The van der Waals surface area contributed by atoms with E-state index in [2.05, 4.69) is 25.8 Å². The molecule has 1 aromatic carbocycles. The van der Waals surface area contributed by atoms with E-state index in [4.69, 9.17) is 4.74 Å². The molecule has 2 heterocycles. The standard InChI is InChI=1S/C18H23F3N6O.HI/c1-12-25-26-16(27(12)2)11-23-17(22-9-8-18(19,20)21)24-14-7-10-28-15-6-4-3-5-13(14)15;/h3-6,14H,7-11H2,1-2H3,(H2,22,23,24);1H. The van der Waals surface area contributed by atoms with Gasteiger partial charge in [0.25, 0.3) is 0 Å². The summed E-state index contributed by atoms with van der Waals surface area (Å²) in [6.07, 6.45) is -4.49. The number of nitrogens with zero attached hydrogens (tertiary/aromatic N) is 4. The molecule has 2 aromatic rings. The van der Waals surface area contributed by atoms with Crippen molar-refractivity contribution in [2.75, 3.05) is 13.2 Å². The molecule has 1 aromatic heterocycles. The zero-order valence-corrected chi connectivity index (χ0v) is 18.5. The molecular weight excluding hydrogens is 500 g/mol. The summed E-state index contributed by atoms with van der Waals surface area (Å²) < 4.78 is 45.0. The Hall–Kier alpha value is -2.05. The van der Waals surface area contributed by atoms with Gasteiger partial charge in [-0.05, 0) is 13.0 Å². The summed E-state index contributed by atoms with van der Waals surface area (Å²) in [6.45, 7) is 2.27. The zero-order valence-electron chi connectivity index (χ0n) is 16.2. The molecule has 0 spiro atoms. The van der Waals surface area contributed by atoms with E-state index in [1.54, 1.807) is 4.57 Å². The number of halogens is 4. The number of ether oxygens (including phenoxy) is 1. The van der Waals surface area contributed by atoms with Crippen molar-refractivity contribution < 1.29 is 17.9 Å². The molecular formula is C18H24F3IN6O. The van der Waals surface area contributed by atoms with Gasteiger partial charge in [-0.15, -0.1) is 34.2 Å². The molecule has 11 heteroatoms. The maximum absolute atomic E-state index is 12.5. The van der Waals surface area contributed by atoms with Crippen LogP contribution in [0.4, 0.5) is 13.2 Å². The minimum atomic E-state index is -4.23. The van der Waals surface area contributed by atoms with Crippen LogP contribution in [0.25, 0.3) is 0 Å². The summed E-state index contributed by atoms with van der Waals surface area (Å²) in [6, 6.07) is 7.49. The third-order valence-corrected chi connectivity index (χ3v) is 4.53. The molecule has 0 amide bonds. The van der Waals surface area contributed by atoms with Crippen molar-refractivity contribution in [2.24, 2.45) is 12.0 Å². The third kappa shape index (κ3) is 6.47. The zero-order chi connectivity index (χ0) is 20.1. The van der Waals surface area contributed by atoms with Crippen LogP contribution in [0.3, 0.4) is 0 Å². The number of fused-ring (bicyclic) bond motifs is 1. The van der Waals surface area contributed by atoms with Gasteiger partial charge < -0.3 is 19.9 Å². The van der Waals surface area contributed by atoms with Crippen LogP contribution in [0.15, 0.2) is 29.3 Å². The van der Waals surface area contributed by atoms with E-state index in [0.717, 1.165) is 17.1 Å². The van der Waals surface area contributed by atoms with Crippen molar-refractivity contribution in [1.29, 1.82) is 0 Å². The maximum atomic E-state index is 12.5. The van der Waals surface area contributed by atoms with Gasteiger partial charge in [-0.2, -0.15) is 13.2 Å². The number of aliphatic imine (C=N–C) groups is 1. The van der Waals surface area contributed by atoms with Gasteiger partial charge in [0.1, 0.15) is 18.1 Å². The van der Waals surface area contributed by atoms with Crippen LogP contribution in [0.2, 0.25) is 0 Å². The van der Waals surface area contributed by atoms with Crippen LogP contribution < -0.4 is 15.4 Å². The first-order chi connectivity index (χ1) is 13.3. The quantitative estimate of drug-likeness (QED) is 0.357. The number of aromatic nitrogens is 3. The first kappa shape index (κ1) is 23.2. The Morgan fingerprint density at radius 2 is 2.07 bits per heavy atom. The molecule has 160 valence electrons. The lowest BCUT2D eigenvalue weighted by Crippen LogP contribution is -2.42. The summed E-state index contributed by atoms with van der Waals surface area (Å²) >= 11 is 0. The van der Waals surface area contributed by atoms with Crippen LogP contribution in [-0.2, 0) is 13.6 Å². The lowest BCUT2D eigenvalue weighted by Gasteiger charge is -2.28. The molecule has 29 heavy (non-hydrogen) atoms. The maximum Gasteiger partial charge on any atom is 0.390 e. The summed E-state index contributed by atoms with van der Waals surface area (Å²) in [7, 11) is 1.82. The van der Waals surface area contributed by atoms with Gasteiger partial charge in [0.05, 0.1) is 19.1 Å². The first-order valence-corrected chi connectivity index (χ1v) is 9.01. The van der Waals surface area contributed by atoms with Crippen LogP contribution in [0.1, 0.15) is 36.1 Å². The number of alkyl halides is 3. The van der Waals surface area contributed by atoms with Gasteiger partial charge in [0.15, 0.2) is 11.8 Å². The first-order valence-electron chi connectivity index (χ1n) is 9.01. The van der Waals surface area contributed by atoms with Gasteiger partial charge in [-0.3, -0.25) is 0 Å². The van der Waals surface area contributed by atoms with Gasteiger partial charge in [-0.25, -0.2) is 4.99 Å². The Balaban J connectivity index is 0.00000300. The minimum Gasteiger partial charge on any atom is -0.493 e. The number of hydrogen-bond acceptors (Lipinski definition) is 4. The molecule has 3 rings (SSSR count). The van der Waals surface area contributed by atoms with E-state index >= 15 is 0 Å². The lowest BCUT2D eigenvalue weighted by molar-refractivity contribution is -0.132. The largest absolute Gasteiger partial charge is 0.493 e. The van der Waals surface area contributed by atoms with Crippen molar-refractivity contribution in [3.05, 3.63) is 41.5 Å². The molecule has 1 aliphatic heterocycles. The monoisotopic (exact) mass is 524 g/mol. The summed E-state index contributed by atoms with van der Waals surface area (Å²) in [4.78, 5) is 4.42. The number of nitrogens with one attached hydrogen (secondary N) is 2. The Morgan fingerprint density at radius 3 is 2.76 bits per heavy atom. The van der Waals surface area contributed by atoms with E-state index in [-0.39, 0.29) is 43.1 Å². The number of benzene rings is 1. The number of para-hydroxylation sites is 1. The summed E-state index contributed by atoms with van der Waals surface area (Å²) in [5.74, 6) is 2.43. The number of aryl methyl sites for hydroxylation is 1. The van der Waals surface area contributed by atoms with Crippen molar-refractivity contribution in [1.82, 2.24) is 25.4 Å². The third-order valence-electron chi connectivity index (χ3n) is 4.53. The second-order valence-corrected chi connectivity index (χ2v) is 6.55. The lowest BCUT2D eigenvalue weighted by atomic mass is 10.0. The fraction of sp³-hybridized carbons (Fsp3) is 0.500. The molecule has 0 saturated heterocycles. The number of rotatable bonds is 5. The number of guanidine groups is 1. The van der Waals surface area contributed by atoms with Crippen LogP contribution in [0, 0.1) is 6.92 Å². The second-order valence-electron chi connectivity index (χ2n) is 6.55. The number of hydrogen-bond donors (Lipinski definition) is 2. The molecule has 0 saturated carbocycles.